The Morgan fingerprint density at radius 2 is 1.92 bits per heavy atom. The first-order valence-corrected chi connectivity index (χ1v) is 8.38. The van der Waals surface area contributed by atoms with Crippen LogP contribution in [-0.4, -0.2) is 25.8 Å². The van der Waals surface area contributed by atoms with Crippen molar-refractivity contribution in [3.8, 4) is 11.3 Å². The lowest BCUT2D eigenvalue weighted by molar-refractivity contribution is -0.115. The molecule has 0 radical (unpaired) electrons. The minimum Gasteiger partial charge on any atom is -0.344 e. The highest BCUT2D eigenvalue weighted by Gasteiger charge is 2.12. The summed E-state index contributed by atoms with van der Waals surface area (Å²) < 4.78 is 0. The minimum atomic E-state index is -0.123. The third kappa shape index (κ3) is 3.41. The van der Waals surface area contributed by atoms with Crippen LogP contribution in [0, 0.1) is 0 Å². The van der Waals surface area contributed by atoms with E-state index in [-0.39, 0.29) is 5.91 Å². The number of anilines is 1. The number of hydrogen-bond donors (Lipinski definition) is 2. The van der Waals surface area contributed by atoms with E-state index in [1.54, 1.807) is 12.3 Å². The molecule has 4 rings (SSSR count). The van der Waals surface area contributed by atoms with Gasteiger partial charge in [0.15, 0.2) is 5.65 Å². The Kier molecular flexibility index (Phi) is 4.33. The summed E-state index contributed by atoms with van der Waals surface area (Å²) in [5.41, 5.74) is 3.66. The topological polar surface area (TPSA) is 83.6 Å². The predicted octanol–water partition coefficient (Wildman–Crippen LogP) is 3.85. The van der Waals surface area contributed by atoms with Gasteiger partial charge in [0, 0.05) is 11.8 Å². The zero-order valence-corrected chi connectivity index (χ0v) is 14.4. The molecule has 26 heavy (non-hydrogen) atoms. The molecule has 1 amide bonds. The Hall–Kier alpha value is -3.25. The molecule has 3 heterocycles. The molecule has 7 heteroatoms. The molecule has 2 N–H and O–H groups in total. The largest absolute Gasteiger partial charge is 0.344 e. The van der Waals surface area contributed by atoms with Crippen molar-refractivity contribution in [2.24, 2.45) is 0 Å². The molecule has 4 aromatic rings. The van der Waals surface area contributed by atoms with Gasteiger partial charge >= 0.3 is 0 Å². The van der Waals surface area contributed by atoms with E-state index < -0.39 is 0 Å². The molecule has 128 valence electrons. The van der Waals surface area contributed by atoms with Gasteiger partial charge in [-0.05, 0) is 17.7 Å². The molecule has 1 aromatic carbocycles. The average Bonchev–Trinajstić information content (AvgIpc) is 3.05. The van der Waals surface area contributed by atoms with Gasteiger partial charge in [-0.3, -0.25) is 4.79 Å². The monoisotopic (exact) mass is 363 g/mol. The van der Waals surface area contributed by atoms with Crippen molar-refractivity contribution >= 4 is 34.5 Å². The van der Waals surface area contributed by atoms with E-state index in [1.165, 1.54) is 6.20 Å². The molecule has 0 fully saturated rings. The molecule has 3 aromatic heterocycles. The van der Waals surface area contributed by atoms with Gasteiger partial charge in [-0.25, -0.2) is 15.0 Å². The van der Waals surface area contributed by atoms with Crippen molar-refractivity contribution in [1.29, 1.82) is 0 Å². The number of halogens is 1. The summed E-state index contributed by atoms with van der Waals surface area (Å²) in [5, 5.41) is 3.14. The molecule has 0 unspecified atom stereocenters. The Balaban J connectivity index is 1.58. The quantitative estimate of drug-likeness (QED) is 0.576. The Labute approximate surface area is 154 Å². The second kappa shape index (κ2) is 6.93. The van der Waals surface area contributed by atoms with E-state index in [9.17, 15) is 4.79 Å². The third-order valence-corrected chi connectivity index (χ3v) is 4.03. The van der Waals surface area contributed by atoms with E-state index in [0.29, 0.717) is 34.2 Å². The second-order valence-corrected chi connectivity index (χ2v) is 6.10. The van der Waals surface area contributed by atoms with Crippen LogP contribution in [0.25, 0.3) is 22.4 Å². The van der Waals surface area contributed by atoms with E-state index in [2.05, 4.69) is 25.3 Å². The van der Waals surface area contributed by atoms with Crippen molar-refractivity contribution in [2.75, 3.05) is 5.32 Å². The van der Waals surface area contributed by atoms with Crippen molar-refractivity contribution < 1.29 is 4.79 Å². The lowest BCUT2D eigenvalue weighted by atomic mass is 10.1. The molecule has 0 aliphatic heterocycles. The van der Waals surface area contributed by atoms with Gasteiger partial charge in [-0.2, -0.15) is 0 Å². The van der Waals surface area contributed by atoms with Gasteiger partial charge in [0.1, 0.15) is 16.5 Å². The fraction of sp³-hybridized carbons (Fsp3) is 0.0526. The highest BCUT2D eigenvalue weighted by Crippen LogP contribution is 2.26. The molecule has 0 aliphatic carbocycles. The summed E-state index contributed by atoms with van der Waals surface area (Å²) >= 11 is 5.95. The van der Waals surface area contributed by atoms with Crippen LogP contribution in [0.1, 0.15) is 5.56 Å². The van der Waals surface area contributed by atoms with Gasteiger partial charge in [0.2, 0.25) is 5.91 Å². The number of nitrogens with zero attached hydrogens (tertiary/aromatic N) is 3. The van der Waals surface area contributed by atoms with Crippen LogP contribution in [0.5, 0.6) is 0 Å². The summed E-state index contributed by atoms with van der Waals surface area (Å²) in [6, 6.07) is 15.0. The smallest absolute Gasteiger partial charge is 0.229 e. The number of carbonyl (C=O) groups excluding carboxylic acids is 1. The van der Waals surface area contributed by atoms with Crippen LogP contribution in [-0.2, 0) is 11.2 Å². The van der Waals surface area contributed by atoms with Crippen LogP contribution >= 0.6 is 11.6 Å². The van der Waals surface area contributed by atoms with E-state index in [4.69, 9.17) is 11.6 Å². The average molecular weight is 364 g/mol. The maximum Gasteiger partial charge on any atom is 0.229 e. The number of rotatable bonds is 4. The molecule has 0 saturated heterocycles. The van der Waals surface area contributed by atoms with Gasteiger partial charge in [-0.1, -0.05) is 48.0 Å². The first-order valence-electron chi connectivity index (χ1n) is 8.00. The van der Waals surface area contributed by atoms with Gasteiger partial charge in [-0.15, -0.1) is 0 Å². The van der Waals surface area contributed by atoms with Crippen molar-refractivity contribution in [3.63, 3.8) is 0 Å². The molecule has 6 nitrogen and oxygen atoms in total. The number of H-pyrrole nitrogens is 1. The van der Waals surface area contributed by atoms with E-state index >= 15 is 0 Å². The second-order valence-electron chi connectivity index (χ2n) is 5.71. The Bertz CT molecular complexity index is 1080. The minimum absolute atomic E-state index is 0.123. The first kappa shape index (κ1) is 16.2. The van der Waals surface area contributed by atoms with Crippen molar-refractivity contribution in [1.82, 2.24) is 19.9 Å². The fourth-order valence-electron chi connectivity index (χ4n) is 2.69. The number of benzene rings is 1. The van der Waals surface area contributed by atoms with E-state index in [1.807, 2.05) is 42.5 Å². The van der Waals surface area contributed by atoms with E-state index in [0.717, 1.165) is 11.1 Å². The normalized spacial score (nSPS) is 10.8. The van der Waals surface area contributed by atoms with Gasteiger partial charge in [0.25, 0.3) is 0 Å². The maximum atomic E-state index is 12.2. The Morgan fingerprint density at radius 3 is 2.77 bits per heavy atom. The SMILES string of the molecule is O=C(Cc1ccccc1)Nc1cccc(-c2c[nH]c3ncc(Cl)nc23)n1. The van der Waals surface area contributed by atoms with Crippen LogP contribution < -0.4 is 5.32 Å². The standard InChI is InChI=1S/C19H14ClN5O/c20-15-11-22-19-18(24-15)13(10-21-19)14-7-4-8-16(23-14)25-17(26)9-12-5-2-1-3-6-12/h1-8,10-11H,9H2,(H,21,22)(H,23,25,26). The molecule has 0 bridgehead atoms. The zero-order valence-electron chi connectivity index (χ0n) is 13.6. The number of carbonyl (C=O) groups is 1. The highest BCUT2D eigenvalue weighted by atomic mass is 35.5. The Morgan fingerprint density at radius 1 is 1.08 bits per heavy atom. The van der Waals surface area contributed by atoms with Crippen LogP contribution in [0.15, 0.2) is 60.9 Å². The van der Waals surface area contributed by atoms with Crippen molar-refractivity contribution in [3.05, 3.63) is 71.6 Å². The van der Waals surface area contributed by atoms with Crippen molar-refractivity contribution in [2.45, 2.75) is 6.42 Å². The molecular weight excluding hydrogens is 350 g/mol. The summed E-state index contributed by atoms with van der Waals surface area (Å²) in [6.07, 6.45) is 3.55. The number of aromatic nitrogens is 4. The maximum absolute atomic E-state index is 12.2. The van der Waals surface area contributed by atoms with Crippen LogP contribution in [0.3, 0.4) is 0 Å². The number of aromatic amines is 1. The number of amides is 1. The number of fused-ring (bicyclic) bond motifs is 1. The number of pyridine rings is 1. The fourth-order valence-corrected chi connectivity index (χ4v) is 2.82. The molecule has 0 saturated carbocycles. The highest BCUT2D eigenvalue weighted by molar-refractivity contribution is 6.29. The predicted molar refractivity (Wildman–Crippen MR) is 101 cm³/mol. The summed E-state index contributed by atoms with van der Waals surface area (Å²) in [4.78, 5) is 28.3. The molecule has 0 aliphatic rings. The summed E-state index contributed by atoms with van der Waals surface area (Å²) in [5.74, 6) is 0.357. The lowest BCUT2D eigenvalue weighted by Crippen LogP contribution is -2.15. The summed E-state index contributed by atoms with van der Waals surface area (Å²) in [7, 11) is 0. The molecular formula is C19H14ClN5O. The number of nitrogens with one attached hydrogen (secondary N) is 2. The molecule has 0 atom stereocenters. The van der Waals surface area contributed by atoms with Crippen LogP contribution in [0.4, 0.5) is 5.82 Å². The lowest BCUT2D eigenvalue weighted by Gasteiger charge is -2.06. The number of hydrogen-bond acceptors (Lipinski definition) is 4. The van der Waals surface area contributed by atoms with Gasteiger partial charge in [0.05, 0.1) is 18.3 Å². The zero-order chi connectivity index (χ0) is 17.9. The third-order valence-electron chi connectivity index (χ3n) is 3.85. The van der Waals surface area contributed by atoms with Crippen LogP contribution in [0.2, 0.25) is 5.15 Å². The first-order chi connectivity index (χ1) is 12.7. The van der Waals surface area contributed by atoms with Gasteiger partial charge < -0.3 is 10.3 Å². The molecule has 0 spiro atoms. The summed E-state index contributed by atoms with van der Waals surface area (Å²) in [6.45, 7) is 0.